The van der Waals surface area contributed by atoms with Gasteiger partial charge in [0.05, 0.1) is 23.0 Å². The number of fused-ring (bicyclic) bond motifs is 1. The fraction of sp³-hybridized carbons (Fsp3) is 0.0714. The van der Waals surface area contributed by atoms with Gasteiger partial charge in [0.15, 0.2) is 5.65 Å². The number of halogens is 2. The van der Waals surface area contributed by atoms with Gasteiger partial charge in [-0.1, -0.05) is 35.3 Å². The molecule has 0 radical (unpaired) electrons. The average molecular weight is 293 g/mol. The summed E-state index contributed by atoms with van der Waals surface area (Å²) in [5.41, 5.74) is 2.96. The van der Waals surface area contributed by atoms with Gasteiger partial charge in [0, 0.05) is 16.8 Å². The molecule has 0 saturated heterocycles. The van der Waals surface area contributed by atoms with Crippen LogP contribution in [-0.2, 0) is 6.61 Å². The van der Waals surface area contributed by atoms with Crippen molar-refractivity contribution in [2.24, 2.45) is 0 Å². The normalized spacial score (nSPS) is 11.1. The number of rotatable bonds is 2. The number of aliphatic hydroxyl groups excluding tert-OH is 1. The lowest BCUT2D eigenvalue weighted by Gasteiger charge is -2.02. The maximum absolute atomic E-state index is 9.58. The first-order chi connectivity index (χ1) is 9.20. The van der Waals surface area contributed by atoms with Gasteiger partial charge < -0.3 is 5.11 Å². The van der Waals surface area contributed by atoms with E-state index in [1.165, 1.54) is 0 Å². The fourth-order valence-corrected chi connectivity index (χ4v) is 2.41. The molecule has 2 heterocycles. The van der Waals surface area contributed by atoms with Gasteiger partial charge >= 0.3 is 0 Å². The maximum atomic E-state index is 9.58. The largest absolute Gasteiger partial charge is 0.390 e. The number of aromatic nitrogens is 2. The van der Waals surface area contributed by atoms with Gasteiger partial charge in [0.1, 0.15) is 0 Å². The zero-order chi connectivity index (χ0) is 13.4. The molecule has 2 aromatic heterocycles. The Morgan fingerprint density at radius 2 is 1.84 bits per heavy atom. The van der Waals surface area contributed by atoms with Gasteiger partial charge in [0.25, 0.3) is 0 Å². The summed E-state index contributed by atoms with van der Waals surface area (Å²) < 4.78 is 1.80. The minimum Gasteiger partial charge on any atom is -0.390 e. The highest BCUT2D eigenvalue weighted by atomic mass is 35.5. The molecule has 19 heavy (non-hydrogen) atoms. The van der Waals surface area contributed by atoms with E-state index in [0.29, 0.717) is 27.1 Å². The van der Waals surface area contributed by atoms with Gasteiger partial charge in [0.2, 0.25) is 0 Å². The first-order valence-corrected chi connectivity index (χ1v) is 6.48. The SMILES string of the molecule is OCc1c(-c2ccc(Cl)cc2)nc2c(Cl)cccn12. The average Bonchev–Trinajstić information content (AvgIpc) is 2.79. The Bertz CT molecular complexity index is 735. The molecule has 1 aromatic carbocycles. The zero-order valence-corrected chi connectivity index (χ0v) is 11.4. The van der Waals surface area contributed by atoms with Crippen LogP contribution in [0.3, 0.4) is 0 Å². The van der Waals surface area contributed by atoms with Crippen LogP contribution in [0, 0.1) is 0 Å². The summed E-state index contributed by atoms with van der Waals surface area (Å²) >= 11 is 12.0. The Morgan fingerprint density at radius 1 is 1.11 bits per heavy atom. The fourth-order valence-electron chi connectivity index (χ4n) is 2.07. The molecule has 1 N–H and O–H groups in total. The van der Waals surface area contributed by atoms with Crippen LogP contribution in [0.2, 0.25) is 10.0 Å². The van der Waals surface area contributed by atoms with E-state index in [1.54, 1.807) is 22.6 Å². The predicted molar refractivity (Wildman–Crippen MR) is 76.6 cm³/mol. The topological polar surface area (TPSA) is 37.5 Å². The third kappa shape index (κ3) is 2.10. The first kappa shape index (κ1) is 12.5. The van der Waals surface area contributed by atoms with E-state index >= 15 is 0 Å². The van der Waals surface area contributed by atoms with Gasteiger partial charge in [-0.15, -0.1) is 0 Å². The Labute approximate surface area is 120 Å². The van der Waals surface area contributed by atoms with Crippen molar-refractivity contribution in [2.45, 2.75) is 6.61 Å². The molecule has 3 nitrogen and oxygen atoms in total. The zero-order valence-electron chi connectivity index (χ0n) is 9.85. The number of pyridine rings is 1. The molecular formula is C14H10Cl2N2O. The first-order valence-electron chi connectivity index (χ1n) is 5.73. The quantitative estimate of drug-likeness (QED) is 0.780. The van der Waals surface area contributed by atoms with E-state index in [9.17, 15) is 5.11 Å². The highest BCUT2D eigenvalue weighted by molar-refractivity contribution is 6.33. The standard InChI is InChI=1S/C14H10Cl2N2O/c15-10-5-3-9(4-6-10)13-12(8-19)18-7-1-2-11(16)14(18)17-13/h1-7,19H,8H2. The predicted octanol–water partition coefficient (Wildman–Crippen LogP) is 3.80. The van der Waals surface area contributed by atoms with Crippen LogP contribution in [0.25, 0.3) is 16.9 Å². The van der Waals surface area contributed by atoms with E-state index in [0.717, 1.165) is 5.56 Å². The Kier molecular flexibility index (Phi) is 3.19. The molecule has 0 fully saturated rings. The smallest absolute Gasteiger partial charge is 0.156 e. The third-order valence-corrected chi connectivity index (χ3v) is 3.52. The highest BCUT2D eigenvalue weighted by Crippen LogP contribution is 2.28. The van der Waals surface area contributed by atoms with Crippen molar-refractivity contribution in [1.82, 2.24) is 9.38 Å². The lowest BCUT2D eigenvalue weighted by Crippen LogP contribution is -1.93. The molecular weight excluding hydrogens is 283 g/mol. The Hall–Kier alpha value is -1.55. The van der Waals surface area contributed by atoms with Crippen LogP contribution in [0.1, 0.15) is 5.69 Å². The van der Waals surface area contributed by atoms with E-state index in [-0.39, 0.29) is 6.61 Å². The maximum Gasteiger partial charge on any atom is 0.156 e. The molecule has 0 saturated carbocycles. The molecule has 3 aromatic rings. The number of hydrogen-bond acceptors (Lipinski definition) is 2. The van der Waals surface area contributed by atoms with Crippen molar-refractivity contribution in [2.75, 3.05) is 0 Å². The lowest BCUT2D eigenvalue weighted by atomic mass is 10.1. The molecule has 0 unspecified atom stereocenters. The highest BCUT2D eigenvalue weighted by Gasteiger charge is 2.14. The molecule has 0 aliphatic rings. The van der Waals surface area contributed by atoms with Crippen LogP contribution in [0.15, 0.2) is 42.6 Å². The van der Waals surface area contributed by atoms with Crippen molar-refractivity contribution >= 4 is 28.8 Å². The summed E-state index contributed by atoms with van der Waals surface area (Å²) in [6.07, 6.45) is 1.83. The van der Waals surface area contributed by atoms with Crippen molar-refractivity contribution in [3.8, 4) is 11.3 Å². The molecule has 96 valence electrons. The summed E-state index contributed by atoms with van der Waals surface area (Å²) in [6.45, 7) is -0.112. The number of benzene rings is 1. The molecule has 0 aliphatic carbocycles. The molecule has 0 atom stereocenters. The lowest BCUT2D eigenvalue weighted by molar-refractivity contribution is 0.276. The summed E-state index contributed by atoms with van der Waals surface area (Å²) in [5, 5.41) is 10.8. The summed E-state index contributed by atoms with van der Waals surface area (Å²) in [5.74, 6) is 0. The van der Waals surface area contributed by atoms with Crippen molar-refractivity contribution in [1.29, 1.82) is 0 Å². The van der Waals surface area contributed by atoms with Gasteiger partial charge in [-0.05, 0) is 24.3 Å². The van der Waals surface area contributed by atoms with E-state index in [4.69, 9.17) is 23.2 Å². The van der Waals surface area contributed by atoms with Crippen LogP contribution in [0.5, 0.6) is 0 Å². The van der Waals surface area contributed by atoms with Crippen LogP contribution in [-0.4, -0.2) is 14.5 Å². The molecule has 5 heteroatoms. The minimum absolute atomic E-state index is 0.112. The number of aliphatic hydroxyl groups is 1. The molecule has 0 amide bonds. The van der Waals surface area contributed by atoms with E-state index in [1.807, 2.05) is 24.4 Å². The van der Waals surface area contributed by atoms with Crippen LogP contribution < -0.4 is 0 Å². The van der Waals surface area contributed by atoms with Crippen molar-refractivity contribution in [3.05, 3.63) is 58.3 Å². The molecule has 0 aliphatic heterocycles. The number of hydrogen-bond donors (Lipinski definition) is 1. The van der Waals surface area contributed by atoms with Crippen LogP contribution >= 0.6 is 23.2 Å². The van der Waals surface area contributed by atoms with Crippen LogP contribution in [0.4, 0.5) is 0 Å². The van der Waals surface area contributed by atoms with E-state index < -0.39 is 0 Å². The number of imidazole rings is 1. The second-order valence-electron chi connectivity index (χ2n) is 4.12. The Balaban J connectivity index is 2.29. The third-order valence-electron chi connectivity index (χ3n) is 2.97. The monoisotopic (exact) mass is 292 g/mol. The van der Waals surface area contributed by atoms with Crippen molar-refractivity contribution < 1.29 is 5.11 Å². The summed E-state index contributed by atoms with van der Waals surface area (Å²) in [6, 6.07) is 10.9. The second kappa shape index (κ2) is 4.85. The molecule has 0 spiro atoms. The summed E-state index contributed by atoms with van der Waals surface area (Å²) in [7, 11) is 0. The van der Waals surface area contributed by atoms with E-state index in [2.05, 4.69) is 4.98 Å². The summed E-state index contributed by atoms with van der Waals surface area (Å²) in [4.78, 5) is 4.51. The van der Waals surface area contributed by atoms with Gasteiger partial charge in [-0.2, -0.15) is 0 Å². The van der Waals surface area contributed by atoms with Gasteiger partial charge in [-0.25, -0.2) is 4.98 Å². The Morgan fingerprint density at radius 3 is 2.53 bits per heavy atom. The van der Waals surface area contributed by atoms with Crippen molar-refractivity contribution in [3.63, 3.8) is 0 Å². The van der Waals surface area contributed by atoms with Gasteiger partial charge in [-0.3, -0.25) is 4.40 Å². The second-order valence-corrected chi connectivity index (χ2v) is 4.97. The minimum atomic E-state index is -0.112. The number of nitrogens with zero attached hydrogens (tertiary/aromatic N) is 2. The molecule has 0 bridgehead atoms. The molecule has 3 rings (SSSR count).